The first-order valence-corrected chi connectivity index (χ1v) is 9.90. The molecule has 6 heteroatoms. The summed E-state index contributed by atoms with van der Waals surface area (Å²) < 4.78 is 11.1. The third-order valence-electron chi connectivity index (χ3n) is 6.67. The second-order valence-corrected chi connectivity index (χ2v) is 8.19. The Labute approximate surface area is 160 Å². The van der Waals surface area contributed by atoms with Gasteiger partial charge in [-0.1, -0.05) is 18.5 Å². The number of likely N-dealkylation sites (N-methyl/N-ethyl adjacent to an activating group) is 1. The Morgan fingerprint density at radius 1 is 1.35 bits per heavy atom. The Morgan fingerprint density at radius 3 is 2.81 bits per heavy atom. The van der Waals surface area contributed by atoms with Crippen molar-refractivity contribution in [3.05, 3.63) is 28.8 Å². The molecule has 0 aliphatic carbocycles. The molecule has 3 heterocycles. The summed E-state index contributed by atoms with van der Waals surface area (Å²) in [5.41, 5.74) is 0.955. The summed E-state index contributed by atoms with van der Waals surface area (Å²) in [5, 5.41) is 0.527. The van der Waals surface area contributed by atoms with Crippen molar-refractivity contribution in [2.24, 2.45) is 11.3 Å². The van der Waals surface area contributed by atoms with Crippen LogP contribution in [-0.4, -0.2) is 68.3 Å². The van der Waals surface area contributed by atoms with Crippen LogP contribution in [0, 0.1) is 11.3 Å². The second-order valence-electron chi connectivity index (χ2n) is 7.78. The first-order chi connectivity index (χ1) is 12.6. The minimum Gasteiger partial charge on any atom is -0.495 e. The number of amides is 1. The molecule has 0 N–H and O–H groups in total. The molecule has 3 aliphatic rings. The predicted octanol–water partition coefficient (Wildman–Crippen LogP) is 2.92. The minimum absolute atomic E-state index is 0.0689. The summed E-state index contributed by atoms with van der Waals surface area (Å²) in [4.78, 5) is 17.5. The molecule has 1 amide bonds. The van der Waals surface area contributed by atoms with E-state index in [0.717, 1.165) is 52.2 Å². The summed E-state index contributed by atoms with van der Waals surface area (Å²) in [6.45, 7) is 7.84. The van der Waals surface area contributed by atoms with Gasteiger partial charge in [0.15, 0.2) is 0 Å². The molecular formula is C20H27ClN2O3. The van der Waals surface area contributed by atoms with Gasteiger partial charge < -0.3 is 14.4 Å². The zero-order valence-corrected chi connectivity index (χ0v) is 16.3. The van der Waals surface area contributed by atoms with Crippen LogP contribution in [0.1, 0.15) is 30.1 Å². The lowest BCUT2D eigenvalue weighted by atomic mass is 9.70. The van der Waals surface area contributed by atoms with Gasteiger partial charge in [0.25, 0.3) is 5.91 Å². The van der Waals surface area contributed by atoms with Crippen LogP contribution in [0.25, 0.3) is 0 Å². The molecule has 1 spiro atoms. The van der Waals surface area contributed by atoms with E-state index in [2.05, 4.69) is 11.8 Å². The standard InChI is InChI=1S/C20H27ClN2O3/c1-3-22-13-20(15-11-26-12-17(15)22)6-8-23(9-7-20)19(24)14-4-5-16(21)18(10-14)25-2/h4-5,10,15,17H,3,6-9,11-13H2,1-2H3/t15-,17+/m0/s1. The fourth-order valence-corrected chi connectivity index (χ4v) is 5.33. The summed E-state index contributed by atoms with van der Waals surface area (Å²) in [6, 6.07) is 5.83. The maximum Gasteiger partial charge on any atom is 0.253 e. The summed E-state index contributed by atoms with van der Waals surface area (Å²) in [5.74, 6) is 1.24. The molecule has 0 bridgehead atoms. The molecule has 0 unspecified atom stereocenters. The van der Waals surface area contributed by atoms with E-state index >= 15 is 0 Å². The van der Waals surface area contributed by atoms with E-state index in [1.165, 1.54) is 0 Å². The van der Waals surface area contributed by atoms with Gasteiger partial charge in [0.2, 0.25) is 0 Å². The summed E-state index contributed by atoms with van der Waals surface area (Å²) in [6.07, 6.45) is 2.12. The van der Waals surface area contributed by atoms with Gasteiger partial charge in [-0.15, -0.1) is 0 Å². The zero-order chi connectivity index (χ0) is 18.3. The number of carbonyl (C=O) groups is 1. The molecule has 5 nitrogen and oxygen atoms in total. The number of carbonyl (C=O) groups excluding carboxylic acids is 1. The average Bonchev–Trinajstić information content (AvgIpc) is 3.26. The van der Waals surface area contributed by atoms with Crippen LogP contribution < -0.4 is 4.74 Å². The number of nitrogens with zero attached hydrogens (tertiary/aromatic N) is 2. The van der Waals surface area contributed by atoms with E-state index < -0.39 is 0 Å². The third kappa shape index (κ3) is 2.90. The van der Waals surface area contributed by atoms with Gasteiger partial charge >= 0.3 is 0 Å². The van der Waals surface area contributed by atoms with E-state index in [0.29, 0.717) is 33.7 Å². The molecule has 1 aromatic carbocycles. The fourth-order valence-electron chi connectivity index (χ4n) is 5.13. The normalized spacial score (nSPS) is 27.7. The summed E-state index contributed by atoms with van der Waals surface area (Å²) in [7, 11) is 1.57. The Hall–Kier alpha value is -1.30. The molecule has 0 saturated carbocycles. The predicted molar refractivity (Wildman–Crippen MR) is 101 cm³/mol. The van der Waals surface area contributed by atoms with E-state index in [1.807, 2.05) is 4.90 Å². The highest BCUT2D eigenvalue weighted by atomic mass is 35.5. The van der Waals surface area contributed by atoms with Crippen LogP contribution in [-0.2, 0) is 4.74 Å². The van der Waals surface area contributed by atoms with Gasteiger partial charge in [0.05, 0.1) is 25.3 Å². The Morgan fingerprint density at radius 2 is 2.12 bits per heavy atom. The van der Waals surface area contributed by atoms with Crippen molar-refractivity contribution in [1.82, 2.24) is 9.80 Å². The van der Waals surface area contributed by atoms with Gasteiger partial charge in [-0.25, -0.2) is 0 Å². The monoisotopic (exact) mass is 378 g/mol. The van der Waals surface area contributed by atoms with E-state index in [9.17, 15) is 4.79 Å². The highest BCUT2D eigenvalue weighted by molar-refractivity contribution is 6.32. The number of likely N-dealkylation sites (tertiary alicyclic amines) is 2. The molecule has 4 rings (SSSR count). The first-order valence-electron chi connectivity index (χ1n) is 9.52. The number of hydrogen-bond donors (Lipinski definition) is 0. The van der Waals surface area contributed by atoms with Crippen LogP contribution in [0.5, 0.6) is 5.75 Å². The third-order valence-corrected chi connectivity index (χ3v) is 6.99. The molecule has 142 valence electrons. The number of halogens is 1. The van der Waals surface area contributed by atoms with Crippen molar-refractivity contribution in [1.29, 1.82) is 0 Å². The van der Waals surface area contributed by atoms with Gasteiger partial charge in [-0.2, -0.15) is 0 Å². The van der Waals surface area contributed by atoms with Crippen LogP contribution in [0.3, 0.4) is 0 Å². The molecular weight excluding hydrogens is 352 g/mol. The van der Waals surface area contributed by atoms with Crippen molar-refractivity contribution in [3.63, 3.8) is 0 Å². The van der Waals surface area contributed by atoms with E-state index in [-0.39, 0.29) is 5.91 Å². The Kier molecular flexibility index (Phi) is 4.88. The maximum atomic E-state index is 12.9. The van der Waals surface area contributed by atoms with Crippen LogP contribution in [0.15, 0.2) is 18.2 Å². The molecule has 3 fully saturated rings. The highest BCUT2D eigenvalue weighted by Crippen LogP contribution is 2.50. The number of methoxy groups -OCH3 is 1. The Bertz CT molecular complexity index is 688. The lowest BCUT2D eigenvalue weighted by Crippen LogP contribution is -2.47. The molecule has 0 radical (unpaired) electrons. The van der Waals surface area contributed by atoms with Crippen LogP contribution >= 0.6 is 11.6 Å². The van der Waals surface area contributed by atoms with Crippen molar-refractivity contribution in [3.8, 4) is 5.75 Å². The minimum atomic E-state index is 0.0689. The first kappa shape index (κ1) is 18.1. The van der Waals surface area contributed by atoms with Gasteiger partial charge in [-0.3, -0.25) is 9.69 Å². The molecule has 26 heavy (non-hydrogen) atoms. The molecule has 2 atom stereocenters. The SMILES string of the molecule is CCN1CC2(CCN(C(=O)c3ccc(Cl)c(OC)c3)CC2)[C@H]2COC[C@H]21. The number of benzene rings is 1. The fraction of sp³-hybridized carbons (Fsp3) is 0.650. The lowest BCUT2D eigenvalue weighted by molar-refractivity contribution is 0.0402. The summed E-state index contributed by atoms with van der Waals surface area (Å²) >= 11 is 6.08. The van der Waals surface area contributed by atoms with Crippen LogP contribution in [0.4, 0.5) is 0 Å². The average molecular weight is 379 g/mol. The van der Waals surface area contributed by atoms with Crippen molar-refractivity contribution in [2.45, 2.75) is 25.8 Å². The van der Waals surface area contributed by atoms with E-state index in [1.54, 1.807) is 25.3 Å². The number of rotatable bonds is 3. The lowest BCUT2D eigenvalue weighted by Gasteiger charge is -2.42. The number of piperidine rings is 1. The largest absolute Gasteiger partial charge is 0.495 e. The topological polar surface area (TPSA) is 42.0 Å². The number of ether oxygens (including phenoxy) is 2. The molecule has 3 aliphatic heterocycles. The smallest absolute Gasteiger partial charge is 0.253 e. The van der Waals surface area contributed by atoms with Crippen molar-refractivity contribution in [2.75, 3.05) is 46.5 Å². The highest BCUT2D eigenvalue weighted by Gasteiger charge is 2.55. The molecule has 1 aromatic rings. The van der Waals surface area contributed by atoms with E-state index in [4.69, 9.17) is 21.1 Å². The van der Waals surface area contributed by atoms with Crippen molar-refractivity contribution >= 4 is 17.5 Å². The number of hydrogen-bond acceptors (Lipinski definition) is 4. The van der Waals surface area contributed by atoms with Gasteiger partial charge in [0.1, 0.15) is 5.75 Å². The molecule has 0 aromatic heterocycles. The zero-order valence-electron chi connectivity index (χ0n) is 15.5. The quantitative estimate of drug-likeness (QED) is 0.811. The van der Waals surface area contributed by atoms with Gasteiger partial charge in [-0.05, 0) is 43.0 Å². The maximum absolute atomic E-state index is 12.9. The van der Waals surface area contributed by atoms with Crippen LogP contribution in [0.2, 0.25) is 5.02 Å². The number of fused-ring (bicyclic) bond motifs is 2. The van der Waals surface area contributed by atoms with Gasteiger partial charge in [0, 0.05) is 37.2 Å². The Balaban J connectivity index is 1.46. The molecule has 3 saturated heterocycles. The second kappa shape index (κ2) is 7.02. The van der Waals surface area contributed by atoms with Crippen molar-refractivity contribution < 1.29 is 14.3 Å².